The third-order valence-corrected chi connectivity index (χ3v) is 9.03. The van der Waals surface area contributed by atoms with Crippen LogP contribution in [0.25, 0.3) is 0 Å². The van der Waals surface area contributed by atoms with E-state index in [4.69, 9.17) is 4.74 Å². The highest BCUT2D eigenvalue weighted by atomic mass is 19.4. The molecule has 2 fully saturated rings. The average molecular weight is 513 g/mol. The third-order valence-electron chi connectivity index (χ3n) is 9.03. The van der Waals surface area contributed by atoms with Crippen LogP contribution < -0.4 is 4.74 Å². The molecule has 1 saturated heterocycles. The summed E-state index contributed by atoms with van der Waals surface area (Å²) in [6.45, 7) is 0.749. The zero-order valence-corrected chi connectivity index (χ0v) is 20.5. The van der Waals surface area contributed by atoms with E-state index >= 15 is 0 Å². The van der Waals surface area contributed by atoms with Gasteiger partial charge in [0.1, 0.15) is 11.7 Å². The second kappa shape index (κ2) is 7.89. The molecular weight excluding hydrogens is 485 g/mol. The average Bonchev–Trinajstić information content (AvgIpc) is 3.20. The highest BCUT2D eigenvalue weighted by Crippen LogP contribution is 2.65. The van der Waals surface area contributed by atoms with Gasteiger partial charge >= 0.3 is 6.18 Å². The fourth-order valence-corrected chi connectivity index (χ4v) is 7.34. The standard InChI is InChI=1S/C28H27F3N2O4/c1-32-14-13-26-22-11-10-20(27(26,36)21(32)15-17-6-9-19(34)25(37-22)24(17)26)33(2)23(35)12-5-16-3-7-18(8-4-16)28(29,30)31/h3-4,6-9,20-22,34,36H,10-11,13-15H2,1-2H3/t20-,21+,22-,26+,27+/m0/s1. The molecule has 1 amide bonds. The number of carbonyl (C=O) groups excluding carboxylic acids is 1. The van der Waals surface area contributed by atoms with Crippen LogP contribution in [0.1, 0.15) is 41.5 Å². The number of likely N-dealkylation sites (N-methyl/N-ethyl adjacent to an activating group) is 2. The predicted molar refractivity (Wildman–Crippen MR) is 128 cm³/mol. The van der Waals surface area contributed by atoms with E-state index in [0.717, 1.165) is 29.8 Å². The Balaban J connectivity index is 1.36. The summed E-state index contributed by atoms with van der Waals surface area (Å²) in [5, 5.41) is 23.3. The summed E-state index contributed by atoms with van der Waals surface area (Å²) in [7, 11) is 3.60. The van der Waals surface area contributed by atoms with Gasteiger partial charge in [-0.25, -0.2) is 0 Å². The molecule has 2 heterocycles. The maximum Gasteiger partial charge on any atom is 0.416 e. The van der Waals surface area contributed by atoms with Gasteiger partial charge in [-0.3, -0.25) is 4.79 Å². The first-order valence-electron chi connectivity index (χ1n) is 12.4. The van der Waals surface area contributed by atoms with Gasteiger partial charge in [-0.1, -0.05) is 12.0 Å². The van der Waals surface area contributed by atoms with Gasteiger partial charge in [-0.05, 0) is 75.2 Å². The van der Waals surface area contributed by atoms with Crippen molar-refractivity contribution < 1.29 is 32.9 Å². The lowest BCUT2D eigenvalue weighted by Gasteiger charge is -2.65. The molecule has 0 aromatic heterocycles. The summed E-state index contributed by atoms with van der Waals surface area (Å²) in [6, 6.07) is 7.07. The van der Waals surface area contributed by atoms with Crippen LogP contribution in [0.5, 0.6) is 11.5 Å². The number of phenols is 1. The van der Waals surface area contributed by atoms with E-state index in [9.17, 15) is 28.2 Å². The number of halogens is 3. The Labute approximate surface area is 212 Å². The summed E-state index contributed by atoms with van der Waals surface area (Å²) in [5.74, 6) is 5.21. The Kier molecular flexibility index (Phi) is 5.15. The molecule has 37 heavy (non-hydrogen) atoms. The first-order chi connectivity index (χ1) is 17.5. The lowest BCUT2D eigenvalue weighted by molar-refractivity contribution is -0.213. The molecule has 9 heteroatoms. The van der Waals surface area contributed by atoms with Crippen LogP contribution in [-0.2, 0) is 22.8 Å². The van der Waals surface area contributed by atoms with Crippen molar-refractivity contribution in [3.63, 3.8) is 0 Å². The molecule has 194 valence electrons. The van der Waals surface area contributed by atoms with Gasteiger partial charge in [0.05, 0.1) is 17.0 Å². The Morgan fingerprint density at radius 3 is 2.62 bits per heavy atom. The number of alkyl halides is 3. The van der Waals surface area contributed by atoms with Gasteiger partial charge in [0.15, 0.2) is 11.5 Å². The van der Waals surface area contributed by atoms with Crippen LogP contribution in [0.15, 0.2) is 36.4 Å². The van der Waals surface area contributed by atoms with Crippen molar-refractivity contribution in [1.29, 1.82) is 0 Å². The van der Waals surface area contributed by atoms with Crippen molar-refractivity contribution in [3.05, 3.63) is 58.7 Å². The topological polar surface area (TPSA) is 73.2 Å². The minimum Gasteiger partial charge on any atom is -0.504 e. The quantitative estimate of drug-likeness (QED) is 0.575. The summed E-state index contributed by atoms with van der Waals surface area (Å²) >= 11 is 0. The summed E-state index contributed by atoms with van der Waals surface area (Å²) in [4.78, 5) is 16.8. The van der Waals surface area contributed by atoms with Crippen molar-refractivity contribution in [1.82, 2.24) is 9.80 Å². The van der Waals surface area contributed by atoms with E-state index in [1.54, 1.807) is 13.1 Å². The summed E-state index contributed by atoms with van der Waals surface area (Å²) in [5.41, 5.74) is -0.668. The van der Waals surface area contributed by atoms with E-state index in [-0.39, 0.29) is 17.9 Å². The van der Waals surface area contributed by atoms with Crippen molar-refractivity contribution in [3.8, 4) is 23.3 Å². The maximum atomic E-state index is 13.2. The molecule has 6 nitrogen and oxygen atoms in total. The number of hydrogen-bond acceptors (Lipinski definition) is 5. The van der Waals surface area contributed by atoms with Crippen LogP contribution in [0.3, 0.4) is 0 Å². The fourth-order valence-electron chi connectivity index (χ4n) is 7.34. The molecule has 2 bridgehead atoms. The van der Waals surface area contributed by atoms with Gasteiger partial charge in [-0.15, -0.1) is 0 Å². The zero-order chi connectivity index (χ0) is 26.3. The van der Waals surface area contributed by atoms with Gasteiger partial charge in [-0.2, -0.15) is 13.2 Å². The SMILES string of the molecule is CN1CC[C@]23c4c5ccc(O)c4O[C@H]2CC[C@H](N(C)C(=O)C#Cc2ccc(C(F)(F)F)cc2)[C@@]3(O)[C@H]1C5. The number of carbonyl (C=O) groups is 1. The van der Waals surface area contributed by atoms with Crippen LogP contribution in [0.2, 0.25) is 0 Å². The molecule has 5 atom stereocenters. The van der Waals surface area contributed by atoms with Crippen LogP contribution >= 0.6 is 0 Å². The lowest BCUT2D eigenvalue weighted by atomic mass is 9.47. The van der Waals surface area contributed by atoms with E-state index in [2.05, 4.69) is 16.7 Å². The highest BCUT2D eigenvalue weighted by molar-refractivity contribution is 5.94. The number of hydrogen-bond donors (Lipinski definition) is 2. The number of aliphatic hydroxyl groups is 1. The number of piperidine rings is 1. The minimum absolute atomic E-state index is 0.0608. The fraction of sp³-hybridized carbons (Fsp3) is 0.464. The molecule has 2 aromatic carbocycles. The largest absolute Gasteiger partial charge is 0.504 e. The van der Waals surface area contributed by atoms with Gasteiger partial charge in [0.25, 0.3) is 5.91 Å². The normalized spacial score (nSPS) is 31.6. The number of nitrogens with zero attached hydrogens (tertiary/aromatic N) is 2. The molecule has 2 aliphatic heterocycles. The number of amides is 1. The number of phenolic OH excluding ortho intramolecular Hbond substituents is 1. The van der Waals surface area contributed by atoms with Crippen LogP contribution in [0, 0.1) is 11.8 Å². The number of rotatable bonds is 1. The predicted octanol–water partition coefficient (Wildman–Crippen LogP) is 3.07. The van der Waals surface area contributed by atoms with Crippen molar-refractivity contribution >= 4 is 5.91 Å². The molecule has 2 aromatic rings. The van der Waals surface area contributed by atoms with E-state index in [1.807, 2.05) is 13.1 Å². The Hall–Kier alpha value is -3.22. The van der Waals surface area contributed by atoms with Crippen LogP contribution in [0.4, 0.5) is 13.2 Å². The van der Waals surface area contributed by atoms with E-state index in [0.29, 0.717) is 37.0 Å². The van der Waals surface area contributed by atoms with Gasteiger partial charge in [0, 0.05) is 30.1 Å². The van der Waals surface area contributed by atoms with E-state index < -0.39 is 34.7 Å². The Morgan fingerprint density at radius 2 is 1.92 bits per heavy atom. The molecule has 1 saturated carbocycles. The van der Waals surface area contributed by atoms with Gasteiger partial charge < -0.3 is 24.7 Å². The number of benzene rings is 2. The Bertz CT molecular complexity index is 1350. The molecule has 2 aliphatic carbocycles. The van der Waals surface area contributed by atoms with Crippen molar-refractivity contribution in [2.75, 3.05) is 20.6 Å². The number of ether oxygens (including phenoxy) is 1. The third kappa shape index (κ3) is 3.18. The first-order valence-corrected chi connectivity index (χ1v) is 12.4. The second-order valence-electron chi connectivity index (χ2n) is 10.6. The smallest absolute Gasteiger partial charge is 0.416 e. The number of likely N-dealkylation sites (tertiary alicyclic amines) is 1. The van der Waals surface area contributed by atoms with Crippen molar-refractivity contribution in [2.45, 2.75) is 61.1 Å². The van der Waals surface area contributed by atoms with Gasteiger partial charge in [0.2, 0.25) is 0 Å². The minimum atomic E-state index is -4.44. The maximum absolute atomic E-state index is 13.2. The lowest BCUT2D eigenvalue weighted by Crippen LogP contribution is -2.81. The summed E-state index contributed by atoms with van der Waals surface area (Å²) in [6.07, 6.45) is -2.49. The monoisotopic (exact) mass is 512 g/mol. The van der Waals surface area contributed by atoms with Crippen LogP contribution in [-0.4, -0.2) is 70.3 Å². The Morgan fingerprint density at radius 1 is 1.19 bits per heavy atom. The number of aromatic hydroxyl groups is 1. The molecule has 0 unspecified atom stereocenters. The second-order valence-corrected chi connectivity index (χ2v) is 10.6. The molecule has 6 rings (SSSR count). The van der Waals surface area contributed by atoms with Crippen molar-refractivity contribution in [2.24, 2.45) is 0 Å². The molecular formula is C28H27F3N2O4. The zero-order valence-electron chi connectivity index (χ0n) is 20.5. The molecule has 1 spiro atoms. The molecule has 2 N–H and O–H groups in total. The summed E-state index contributed by atoms with van der Waals surface area (Å²) < 4.78 is 44.8. The molecule has 4 aliphatic rings. The van der Waals surface area contributed by atoms with E-state index in [1.165, 1.54) is 17.0 Å². The molecule has 0 radical (unpaired) electrons. The first kappa shape index (κ1) is 24.1. The highest BCUT2D eigenvalue weighted by Gasteiger charge is 2.74.